The fourth-order valence-corrected chi connectivity index (χ4v) is 2.06. The monoisotopic (exact) mass is 306 g/mol. The van der Waals surface area contributed by atoms with Crippen LogP contribution >= 0.6 is 0 Å². The van der Waals surface area contributed by atoms with Crippen LogP contribution in [0, 0.1) is 0 Å². The Morgan fingerprint density at radius 3 is 1.27 bits per heavy atom. The zero-order valence-electron chi connectivity index (χ0n) is 13.4. The molecule has 22 heavy (non-hydrogen) atoms. The van der Waals surface area contributed by atoms with Crippen molar-refractivity contribution in [3.8, 4) is 0 Å². The maximum absolute atomic E-state index is 12.4. The molecule has 1 aromatic carbocycles. The van der Waals surface area contributed by atoms with E-state index in [9.17, 15) is 9.59 Å². The van der Waals surface area contributed by atoms with E-state index in [0.717, 1.165) is 0 Å². The summed E-state index contributed by atoms with van der Waals surface area (Å²) in [5.41, 5.74) is 0.477. The van der Waals surface area contributed by atoms with Gasteiger partial charge in [-0.15, -0.1) is 0 Å². The van der Waals surface area contributed by atoms with Crippen molar-refractivity contribution >= 4 is 34.3 Å². The molecule has 0 aliphatic heterocycles. The smallest absolute Gasteiger partial charge is 0.343 e. The Hall–Kier alpha value is -2.24. The van der Waals surface area contributed by atoms with Gasteiger partial charge in [-0.05, 0) is 41.5 Å². The fraction of sp³-hybridized carbons (Fsp3) is 0.500. The molecule has 0 fully saturated rings. The summed E-state index contributed by atoms with van der Waals surface area (Å²) in [4.78, 5) is 24.8. The Morgan fingerprint density at radius 1 is 0.682 bits per heavy atom. The zero-order valence-corrected chi connectivity index (χ0v) is 13.4. The van der Waals surface area contributed by atoms with E-state index in [1.54, 1.807) is 41.5 Å². The van der Waals surface area contributed by atoms with Crippen molar-refractivity contribution in [2.24, 2.45) is 0 Å². The zero-order chi connectivity index (χ0) is 16.4. The van der Waals surface area contributed by atoms with Gasteiger partial charge in [-0.1, -0.05) is 0 Å². The van der Waals surface area contributed by atoms with E-state index in [0.29, 0.717) is 22.3 Å². The van der Waals surface area contributed by atoms with E-state index in [1.807, 2.05) is 0 Å². The van der Waals surface area contributed by atoms with Crippen LogP contribution in [-0.2, 0) is 9.47 Å². The van der Waals surface area contributed by atoms with Crippen molar-refractivity contribution < 1.29 is 27.9 Å². The second-order valence-corrected chi connectivity index (χ2v) is 7.27. The van der Waals surface area contributed by atoms with Gasteiger partial charge in [0.05, 0.1) is 0 Å². The summed E-state index contributed by atoms with van der Waals surface area (Å²) in [5, 5.41) is 0. The molecule has 0 aliphatic carbocycles. The molecule has 0 spiro atoms. The predicted octanol–water partition coefficient (Wildman–Crippen LogP) is 3.97. The third kappa shape index (κ3) is 2.61. The van der Waals surface area contributed by atoms with Gasteiger partial charge in [0, 0.05) is 0 Å². The Kier molecular flexibility index (Phi) is 2.77. The van der Waals surface area contributed by atoms with Crippen LogP contribution in [0.4, 0.5) is 0 Å². The first-order valence-corrected chi connectivity index (χ1v) is 7.04. The highest BCUT2D eigenvalue weighted by Crippen LogP contribution is 2.45. The second kappa shape index (κ2) is 4.15. The van der Waals surface area contributed by atoms with Crippen molar-refractivity contribution in [2.75, 3.05) is 0 Å². The van der Waals surface area contributed by atoms with Gasteiger partial charge >= 0.3 is 11.9 Å². The Balaban J connectivity index is 2.04. The molecule has 3 rings (SSSR count). The number of carbonyl (C=O) groups is 2. The first-order valence-electron chi connectivity index (χ1n) is 7.04. The summed E-state index contributed by atoms with van der Waals surface area (Å²) in [6.45, 7) is 10.5. The summed E-state index contributed by atoms with van der Waals surface area (Å²) in [6, 6.07) is 0. The quantitative estimate of drug-likeness (QED) is 0.667. The third-order valence-electron chi connectivity index (χ3n) is 2.85. The number of carbonyl (C=O) groups excluding carboxylic acids is 2. The molecular formula is C16H18O6. The molecule has 0 bridgehead atoms. The largest absolute Gasteiger partial charge is 0.456 e. The molecule has 0 amide bonds. The number of hydrogen-bond donors (Lipinski definition) is 0. The van der Waals surface area contributed by atoms with Crippen LogP contribution in [-0.4, -0.2) is 23.1 Å². The Morgan fingerprint density at radius 2 is 1.00 bits per heavy atom. The normalized spacial score (nSPS) is 13.4. The lowest BCUT2D eigenvalue weighted by Gasteiger charge is -2.21. The van der Waals surface area contributed by atoms with E-state index in [4.69, 9.17) is 18.3 Å². The first kappa shape index (κ1) is 14.7. The molecule has 0 radical (unpaired) electrons. The Bertz CT molecular complexity index is 765. The molecule has 0 saturated heterocycles. The van der Waals surface area contributed by atoms with Gasteiger partial charge < -0.3 is 18.3 Å². The van der Waals surface area contributed by atoms with E-state index < -0.39 is 23.1 Å². The fourth-order valence-electron chi connectivity index (χ4n) is 2.06. The summed E-state index contributed by atoms with van der Waals surface area (Å²) < 4.78 is 21.3. The van der Waals surface area contributed by atoms with E-state index in [-0.39, 0.29) is 11.1 Å². The van der Waals surface area contributed by atoms with Crippen LogP contribution in [0.5, 0.6) is 0 Å². The van der Waals surface area contributed by atoms with Crippen LogP contribution < -0.4 is 0 Å². The topological polar surface area (TPSA) is 78.9 Å². The van der Waals surface area contributed by atoms with E-state index >= 15 is 0 Å². The van der Waals surface area contributed by atoms with Crippen molar-refractivity contribution in [3.63, 3.8) is 0 Å². The number of hydrogen-bond acceptors (Lipinski definition) is 6. The highest BCUT2D eigenvalue weighted by molar-refractivity contribution is 6.24. The number of ether oxygens (including phenoxy) is 2. The molecule has 118 valence electrons. The number of fused-ring (bicyclic) bond motifs is 3. The van der Waals surface area contributed by atoms with Crippen LogP contribution in [0.3, 0.4) is 0 Å². The van der Waals surface area contributed by atoms with Gasteiger partial charge in [-0.3, -0.25) is 0 Å². The summed E-state index contributed by atoms with van der Waals surface area (Å²) in [7, 11) is 0. The third-order valence-corrected chi connectivity index (χ3v) is 2.85. The maximum Gasteiger partial charge on any atom is 0.343 e. The molecule has 2 aromatic heterocycles. The average molecular weight is 306 g/mol. The average Bonchev–Trinajstić information content (AvgIpc) is 3.13. The summed E-state index contributed by atoms with van der Waals surface area (Å²) >= 11 is 0. The van der Waals surface area contributed by atoms with Gasteiger partial charge in [-0.25, -0.2) is 9.59 Å². The Labute approximate surface area is 127 Å². The second-order valence-electron chi connectivity index (χ2n) is 7.27. The molecule has 6 nitrogen and oxygen atoms in total. The molecule has 0 atom stereocenters. The van der Waals surface area contributed by atoms with Crippen LogP contribution in [0.15, 0.2) is 8.83 Å². The van der Waals surface area contributed by atoms with Crippen molar-refractivity contribution in [1.29, 1.82) is 0 Å². The minimum atomic E-state index is -0.683. The van der Waals surface area contributed by atoms with Crippen molar-refractivity contribution in [1.82, 2.24) is 0 Å². The van der Waals surface area contributed by atoms with Gasteiger partial charge in [0.2, 0.25) is 11.2 Å². The lowest BCUT2D eigenvalue weighted by atomic mass is 10.1. The van der Waals surface area contributed by atoms with Gasteiger partial charge in [0.15, 0.2) is 11.2 Å². The minimum Gasteiger partial charge on any atom is -0.456 e. The lowest BCUT2D eigenvalue weighted by molar-refractivity contribution is 0.00216. The highest BCUT2D eigenvalue weighted by atomic mass is 16.6. The van der Waals surface area contributed by atoms with E-state index in [1.165, 1.54) is 0 Å². The number of rotatable bonds is 2. The van der Waals surface area contributed by atoms with Crippen molar-refractivity contribution in [2.45, 2.75) is 52.7 Å². The molecule has 2 heterocycles. The SMILES string of the molecule is CC(C)(C)OC(=O)c1c(C(=O)OC(C)(C)C)c2oc2c2oc12. The van der Waals surface area contributed by atoms with Gasteiger partial charge in [0.1, 0.15) is 22.3 Å². The molecule has 0 unspecified atom stereocenters. The van der Waals surface area contributed by atoms with Crippen LogP contribution in [0.1, 0.15) is 62.3 Å². The number of esters is 2. The lowest BCUT2D eigenvalue weighted by Crippen LogP contribution is -2.27. The van der Waals surface area contributed by atoms with Crippen LogP contribution in [0.25, 0.3) is 22.3 Å². The minimum absolute atomic E-state index is 0.0791. The molecule has 0 saturated carbocycles. The molecule has 6 heteroatoms. The van der Waals surface area contributed by atoms with Gasteiger partial charge in [0.25, 0.3) is 0 Å². The summed E-state index contributed by atoms with van der Waals surface area (Å²) in [5.74, 6) is -1.25. The van der Waals surface area contributed by atoms with Crippen molar-refractivity contribution in [3.05, 3.63) is 11.1 Å². The van der Waals surface area contributed by atoms with E-state index in [2.05, 4.69) is 0 Å². The standard InChI is InChI=1S/C16H18O6/c1-15(2,3)21-13(17)7-8(14(18)22-16(4,5)6)10-12(20-10)11-9(7)19-11/h1-6H3. The highest BCUT2D eigenvalue weighted by Gasteiger charge is 2.40. The first-order chi connectivity index (χ1) is 9.98. The van der Waals surface area contributed by atoms with Gasteiger partial charge in [-0.2, -0.15) is 0 Å². The number of benzene rings is 1. The molecule has 0 aliphatic rings. The molecule has 3 aromatic rings. The van der Waals surface area contributed by atoms with Crippen LogP contribution in [0.2, 0.25) is 0 Å². The summed E-state index contributed by atoms with van der Waals surface area (Å²) in [6.07, 6.45) is 0. The predicted molar refractivity (Wildman–Crippen MR) is 78.7 cm³/mol. The maximum atomic E-state index is 12.4. The molecular weight excluding hydrogens is 288 g/mol. The molecule has 0 N–H and O–H groups in total.